The molecule has 0 saturated heterocycles. The Kier molecular flexibility index (Phi) is 4.17. The number of aryl methyl sites for hydroxylation is 1. The fourth-order valence-electron chi connectivity index (χ4n) is 1.37. The molecule has 0 fully saturated rings. The van der Waals surface area contributed by atoms with Crippen LogP contribution in [0.4, 0.5) is 5.69 Å². The fourth-order valence-corrected chi connectivity index (χ4v) is 1.60. The number of nitrogens with one attached hydrogen (secondary N) is 1. The third-order valence-corrected chi connectivity index (χ3v) is 2.90. The van der Waals surface area contributed by atoms with Crippen molar-refractivity contribution >= 4 is 23.2 Å². The van der Waals surface area contributed by atoms with Crippen LogP contribution in [0.25, 0.3) is 0 Å². The molecule has 1 unspecified atom stereocenters. The largest absolute Gasteiger partial charge is 0.324 e. The average Bonchev–Trinajstić information content (AvgIpc) is 2.19. The van der Waals surface area contributed by atoms with E-state index in [1.807, 2.05) is 27.7 Å². The maximum absolute atomic E-state index is 11.9. The molecule has 0 aromatic heterocycles. The van der Waals surface area contributed by atoms with E-state index in [0.717, 1.165) is 11.3 Å². The lowest BCUT2D eigenvalue weighted by Crippen LogP contribution is -2.45. The summed E-state index contributed by atoms with van der Waals surface area (Å²) in [4.78, 5) is 11.9. The van der Waals surface area contributed by atoms with Gasteiger partial charge in [-0.1, -0.05) is 32.4 Å². The number of carbonyl (C=O) groups excluding carboxylic acids is 1. The van der Waals surface area contributed by atoms with Crippen LogP contribution < -0.4 is 11.1 Å². The van der Waals surface area contributed by atoms with Crippen molar-refractivity contribution in [2.75, 3.05) is 5.32 Å². The quantitative estimate of drug-likeness (QED) is 0.853. The third kappa shape index (κ3) is 3.72. The summed E-state index contributed by atoms with van der Waals surface area (Å²) in [5.41, 5.74) is 7.30. The van der Waals surface area contributed by atoms with E-state index in [0.29, 0.717) is 5.02 Å². The zero-order chi connectivity index (χ0) is 13.2. The van der Waals surface area contributed by atoms with Crippen molar-refractivity contribution in [3.05, 3.63) is 28.8 Å². The van der Waals surface area contributed by atoms with Crippen LogP contribution in [0.2, 0.25) is 5.02 Å². The molecule has 1 amide bonds. The van der Waals surface area contributed by atoms with Gasteiger partial charge in [-0.15, -0.1) is 0 Å². The zero-order valence-corrected chi connectivity index (χ0v) is 11.4. The van der Waals surface area contributed by atoms with Gasteiger partial charge < -0.3 is 11.1 Å². The molecule has 0 radical (unpaired) electrons. The van der Waals surface area contributed by atoms with Crippen molar-refractivity contribution in [3.63, 3.8) is 0 Å². The van der Waals surface area contributed by atoms with Gasteiger partial charge in [0.15, 0.2) is 0 Å². The first-order valence-electron chi connectivity index (χ1n) is 5.54. The molecule has 0 aliphatic rings. The van der Waals surface area contributed by atoms with Crippen LogP contribution in [0.3, 0.4) is 0 Å². The molecular formula is C13H19ClN2O. The molecule has 1 aromatic rings. The van der Waals surface area contributed by atoms with Crippen molar-refractivity contribution in [2.45, 2.75) is 33.7 Å². The predicted molar refractivity (Wildman–Crippen MR) is 72.2 cm³/mol. The molecule has 1 atom stereocenters. The molecule has 0 aliphatic carbocycles. The lowest BCUT2D eigenvalue weighted by atomic mass is 9.87. The predicted octanol–water partition coefficient (Wildman–Crippen LogP) is 2.96. The van der Waals surface area contributed by atoms with Crippen LogP contribution in [-0.2, 0) is 4.79 Å². The summed E-state index contributed by atoms with van der Waals surface area (Å²) in [6, 6.07) is 4.79. The number of halogens is 1. The van der Waals surface area contributed by atoms with E-state index in [9.17, 15) is 4.79 Å². The maximum Gasteiger partial charge on any atom is 0.241 e. The molecule has 3 nitrogen and oxygen atoms in total. The third-order valence-electron chi connectivity index (χ3n) is 2.66. The summed E-state index contributed by atoms with van der Waals surface area (Å²) < 4.78 is 0. The highest BCUT2D eigenvalue weighted by molar-refractivity contribution is 6.30. The smallest absolute Gasteiger partial charge is 0.241 e. The summed E-state index contributed by atoms with van der Waals surface area (Å²) in [5.74, 6) is -0.178. The first kappa shape index (κ1) is 14.0. The molecule has 4 heteroatoms. The van der Waals surface area contributed by atoms with Crippen molar-refractivity contribution in [2.24, 2.45) is 11.1 Å². The molecule has 0 bridgehead atoms. The number of carbonyl (C=O) groups is 1. The van der Waals surface area contributed by atoms with E-state index in [-0.39, 0.29) is 11.3 Å². The Bertz CT molecular complexity index is 424. The van der Waals surface area contributed by atoms with E-state index in [1.165, 1.54) is 0 Å². The number of rotatable bonds is 2. The van der Waals surface area contributed by atoms with Gasteiger partial charge in [0, 0.05) is 10.7 Å². The number of hydrogen-bond acceptors (Lipinski definition) is 2. The lowest BCUT2D eigenvalue weighted by Gasteiger charge is -2.26. The number of anilines is 1. The van der Waals surface area contributed by atoms with Crippen LogP contribution in [0.15, 0.2) is 18.2 Å². The van der Waals surface area contributed by atoms with E-state index in [2.05, 4.69) is 5.32 Å². The second-order valence-electron chi connectivity index (χ2n) is 5.29. The van der Waals surface area contributed by atoms with Crippen molar-refractivity contribution in [1.29, 1.82) is 0 Å². The highest BCUT2D eigenvalue weighted by atomic mass is 35.5. The minimum atomic E-state index is -0.544. The van der Waals surface area contributed by atoms with Gasteiger partial charge in [0.2, 0.25) is 5.91 Å². The van der Waals surface area contributed by atoms with Gasteiger partial charge in [-0.25, -0.2) is 0 Å². The Balaban J connectivity index is 2.82. The second kappa shape index (κ2) is 5.07. The summed E-state index contributed by atoms with van der Waals surface area (Å²) >= 11 is 5.85. The highest BCUT2D eigenvalue weighted by Gasteiger charge is 2.27. The van der Waals surface area contributed by atoms with Crippen LogP contribution in [-0.4, -0.2) is 11.9 Å². The number of hydrogen-bond donors (Lipinski definition) is 2. The normalized spacial score (nSPS) is 13.3. The van der Waals surface area contributed by atoms with E-state index < -0.39 is 6.04 Å². The lowest BCUT2D eigenvalue weighted by molar-refractivity contribution is -0.119. The Hall–Kier alpha value is -1.06. The van der Waals surface area contributed by atoms with Crippen LogP contribution in [0.1, 0.15) is 26.3 Å². The molecule has 3 N–H and O–H groups in total. The first-order valence-corrected chi connectivity index (χ1v) is 5.92. The Morgan fingerprint density at radius 1 is 1.41 bits per heavy atom. The molecule has 94 valence electrons. The summed E-state index contributed by atoms with van der Waals surface area (Å²) in [7, 11) is 0. The Morgan fingerprint density at radius 2 is 2.00 bits per heavy atom. The van der Waals surface area contributed by atoms with Gasteiger partial charge in [-0.3, -0.25) is 4.79 Å². The van der Waals surface area contributed by atoms with Gasteiger partial charge in [0.25, 0.3) is 0 Å². The maximum atomic E-state index is 11.9. The number of benzene rings is 1. The summed E-state index contributed by atoms with van der Waals surface area (Å²) in [6.07, 6.45) is 0. The molecule has 0 spiro atoms. The van der Waals surface area contributed by atoms with E-state index >= 15 is 0 Å². The first-order chi connectivity index (χ1) is 7.71. The zero-order valence-electron chi connectivity index (χ0n) is 10.7. The standard InChI is InChI=1S/C13H19ClN2O/c1-8-7-9(14)5-6-10(8)16-12(17)11(15)13(2,3)4/h5-7,11H,15H2,1-4H3,(H,16,17). The second-order valence-corrected chi connectivity index (χ2v) is 5.73. The Labute approximate surface area is 107 Å². The van der Waals surface area contributed by atoms with Gasteiger partial charge in [-0.05, 0) is 36.1 Å². The minimum Gasteiger partial charge on any atom is -0.324 e. The molecule has 1 aromatic carbocycles. The molecule has 0 saturated carbocycles. The van der Waals surface area contributed by atoms with Gasteiger partial charge in [-0.2, -0.15) is 0 Å². The number of amides is 1. The van der Waals surface area contributed by atoms with Crippen LogP contribution in [0.5, 0.6) is 0 Å². The highest BCUT2D eigenvalue weighted by Crippen LogP contribution is 2.22. The summed E-state index contributed by atoms with van der Waals surface area (Å²) in [6.45, 7) is 7.70. The summed E-state index contributed by atoms with van der Waals surface area (Å²) in [5, 5.41) is 3.47. The van der Waals surface area contributed by atoms with Crippen molar-refractivity contribution in [3.8, 4) is 0 Å². The van der Waals surface area contributed by atoms with E-state index in [4.69, 9.17) is 17.3 Å². The SMILES string of the molecule is Cc1cc(Cl)ccc1NC(=O)C(N)C(C)(C)C. The minimum absolute atomic E-state index is 0.178. The Morgan fingerprint density at radius 3 is 2.47 bits per heavy atom. The van der Waals surface area contributed by atoms with Crippen LogP contribution >= 0.6 is 11.6 Å². The molecule has 1 rings (SSSR count). The fraction of sp³-hybridized carbons (Fsp3) is 0.462. The van der Waals surface area contributed by atoms with Gasteiger partial charge in [0.05, 0.1) is 6.04 Å². The van der Waals surface area contributed by atoms with Crippen molar-refractivity contribution in [1.82, 2.24) is 0 Å². The monoisotopic (exact) mass is 254 g/mol. The van der Waals surface area contributed by atoms with Crippen LogP contribution in [0, 0.1) is 12.3 Å². The molecule has 0 heterocycles. The van der Waals surface area contributed by atoms with E-state index in [1.54, 1.807) is 18.2 Å². The molecule has 0 aliphatic heterocycles. The number of nitrogens with two attached hydrogens (primary N) is 1. The topological polar surface area (TPSA) is 55.1 Å². The molecule has 17 heavy (non-hydrogen) atoms. The molecular weight excluding hydrogens is 236 g/mol. The van der Waals surface area contributed by atoms with Gasteiger partial charge >= 0.3 is 0 Å². The average molecular weight is 255 g/mol. The van der Waals surface area contributed by atoms with Crippen molar-refractivity contribution < 1.29 is 4.79 Å². The van der Waals surface area contributed by atoms with Gasteiger partial charge in [0.1, 0.15) is 0 Å².